The highest BCUT2D eigenvalue weighted by Gasteiger charge is 2.33. The Labute approximate surface area is 172 Å². The second kappa shape index (κ2) is 8.07. The van der Waals surface area contributed by atoms with Gasteiger partial charge in [0.2, 0.25) is 10.0 Å². The minimum absolute atomic E-state index is 0.0374. The number of hydrogen-bond donors (Lipinski definition) is 0. The lowest BCUT2D eigenvalue weighted by Gasteiger charge is -2.31. The first-order valence-electron chi connectivity index (χ1n) is 10.5. The SMILES string of the molecule is Cc1cccc(CS(=O)(=O)N2CCC(c3nn(C)c(=O)n3C3CCCC3)CC2)c1. The molecular formula is C21H30N4O3S. The molecule has 0 radical (unpaired) electrons. The van der Waals surface area contributed by atoms with Gasteiger partial charge in [-0.25, -0.2) is 22.2 Å². The van der Waals surface area contributed by atoms with Crippen molar-refractivity contribution in [2.45, 2.75) is 63.2 Å². The van der Waals surface area contributed by atoms with E-state index in [9.17, 15) is 13.2 Å². The topological polar surface area (TPSA) is 77.2 Å². The molecule has 1 saturated carbocycles. The van der Waals surface area contributed by atoms with Gasteiger partial charge in [-0.1, -0.05) is 42.7 Å². The first-order chi connectivity index (χ1) is 13.8. The highest BCUT2D eigenvalue weighted by Crippen LogP contribution is 2.34. The first kappa shape index (κ1) is 20.3. The maximum atomic E-state index is 12.9. The van der Waals surface area contributed by atoms with Crippen molar-refractivity contribution >= 4 is 10.0 Å². The normalized spacial score (nSPS) is 19.8. The Balaban J connectivity index is 1.47. The summed E-state index contributed by atoms with van der Waals surface area (Å²) < 4.78 is 30.7. The van der Waals surface area contributed by atoms with E-state index in [2.05, 4.69) is 5.10 Å². The standard InChI is InChI=1S/C21H30N4O3S/c1-16-6-5-7-17(14-16)15-29(27,28)24-12-10-18(11-13-24)20-22-23(2)21(26)25(20)19-8-3-4-9-19/h5-7,14,18-19H,3-4,8-13,15H2,1-2H3. The Bertz CT molecular complexity index is 1030. The fraction of sp³-hybridized carbons (Fsp3) is 0.619. The molecule has 1 aliphatic heterocycles. The number of benzene rings is 1. The molecule has 2 fully saturated rings. The van der Waals surface area contributed by atoms with E-state index in [0.29, 0.717) is 25.9 Å². The van der Waals surface area contributed by atoms with Crippen LogP contribution in [0.4, 0.5) is 0 Å². The molecule has 2 aliphatic rings. The van der Waals surface area contributed by atoms with Crippen molar-refractivity contribution in [2.24, 2.45) is 7.05 Å². The molecular weight excluding hydrogens is 388 g/mol. The molecule has 2 aromatic rings. The molecule has 0 atom stereocenters. The Kier molecular flexibility index (Phi) is 5.66. The quantitative estimate of drug-likeness (QED) is 0.748. The molecule has 0 unspecified atom stereocenters. The van der Waals surface area contributed by atoms with Crippen LogP contribution in [0, 0.1) is 6.92 Å². The van der Waals surface area contributed by atoms with Crippen LogP contribution in [0.15, 0.2) is 29.1 Å². The zero-order valence-electron chi connectivity index (χ0n) is 17.2. The van der Waals surface area contributed by atoms with E-state index >= 15 is 0 Å². The minimum Gasteiger partial charge on any atom is -0.276 e. The monoisotopic (exact) mass is 418 g/mol. The number of rotatable bonds is 5. The molecule has 8 heteroatoms. The smallest absolute Gasteiger partial charge is 0.276 e. The fourth-order valence-electron chi connectivity index (χ4n) is 4.78. The number of sulfonamides is 1. The summed E-state index contributed by atoms with van der Waals surface area (Å²) in [5, 5.41) is 4.54. The van der Waals surface area contributed by atoms with Crippen LogP contribution in [0.2, 0.25) is 0 Å². The number of aromatic nitrogens is 3. The molecule has 0 spiro atoms. The summed E-state index contributed by atoms with van der Waals surface area (Å²) in [7, 11) is -1.64. The molecule has 0 amide bonds. The molecule has 1 aromatic carbocycles. The molecule has 2 heterocycles. The van der Waals surface area contributed by atoms with Gasteiger partial charge in [0, 0.05) is 32.1 Å². The summed E-state index contributed by atoms with van der Waals surface area (Å²) in [5.41, 5.74) is 1.85. The predicted molar refractivity (Wildman–Crippen MR) is 112 cm³/mol. The second-order valence-corrected chi connectivity index (χ2v) is 10.5. The summed E-state index contributed by atoms with van der Waals surface area (Å²) in [6.07, 6.45) is 5.78. The van der Waals surface area contributed by atoms with Gasteiger partial charge >= 0.3 is 5.69 Å². The summed E-state index contributed by atoms with van der Waals surface area (Å²) >= 11 is 0. The lowest BCUT2D eigenvalue weighted by atomic mass is 9.97. The van der Waals surface area contributed by atoms with Gasteiger partial charge < -0.3 is 0 Å². The third-order valence-electron chi connectivity index (χ3n) is 6.32. The van der Waals surface area contributed by atoms with E-state index in [1.54, 1.807) is 11.4 Å². The van der Waals surface area contributed by atoms with E-state index < -0.39 is 10.0 Å². The number of hydrogen-bond acceptors (Lipinski definition) is 4. The van der Waals surface area contributed by atoms with E-state index in [4.69, 9.17) is 0 Å². The van der Waals surface area contributed by atoms with Gasteiger partial charge in [-0.15, -0.1) is 0 Å². The lowest BCUT2D eigenvalue weighted by molar-refractivity contribution is 0.304. The van der Waals surface area contributed by atoms with E-state index in [0.717, 1.165) is 42.6 Å². The summed E-state index contributed by atoms with van der Waals surface area (Å²) in [6, 6.07) is 7.91. The minimum atomic E-state index is -3.35. The van der Waals surface area contributed by atoms with Gasteiger partial charge in [0.1, 0.15) is 5.82 Å². The van der Waals surface area contributed by atoms with Crippen molar-refractivity contribution in [1.29, 1.82) is 0 Å². The second-order valence-electron chi connectivity index (χ2n) is 8.49. The Morgan fingerprint density at radius 2 is 1.79 bits per heavy atom. The molecule has 1 aromatic heterocycles. The average Bonchev–Trinajstić information content (AvgIpc) is 3.30. The molecule has 158 valence electrons. The van der Waals surface area contributed by atoms with Crippen LogP contribution in [-0.4, -0.2) is 40.2 Å². The third kappa shape index (κ3) is 4.19. The molecule has 0 N–H and O–H groups in total. The third-order valence-corrected chi connectivity index (χ3v) is 8.17. The summed E-state index contributed by atoms with van der Waals surface area (Å²) in [5.74, 6) is 1.02. The summed E-state index contributed by atoms with van der Waals surface area (Å²) in [4.78, 5) is 12.6. The molecule has 1 saturated heterocycles. The van der Waals surface area contributed by atoms with Crippen molar-refractivity contribution in [1.82, 2.24) is 18.7 Å². The molecule has 4 rings (SSSR count). The largest absolute Gasteiger partial charge is 0.345 e. The van der Waals surface area contributed by atoms with Crippen LogP contribution in [-0.2, 0) is 22.8 Å². The van der Waals surface area contributed by atoms with Crippen molar-refractivity contribution in [3.8, 4) is 0 Å². The van der Waals surface area contributed by atoms with Gasteiger partial charge in [-0.05, 0) is 38.2 Å². The Morgan fingerprint density at radius 3 is 2.45 bits per heavy atom. The zero-order chi connectivity index (χ0) is 20.6. The van der Waals surface area contributed by atoms with Crippen molar-refractivity contribution in [2.75, 3.05) is 13.1 Å². The maximum Gasteiger partial charge on any atom is 0.345 e. The van der Waals surface area contributed by atoms with E-state index in [-0.39, 0.29) is 23.4 Å². The van der Waals surface area contributed by atoms with Crippen LogP contribution in [0.3, 0.4) is 0 Å². The van der Waals surface area contributed by atoms with E-state index in [1.165, 1.54) is 4.68 Å². The highest BCUT2D eigenvalue weighted by atomic mass is 32.2. The van der Waals surface area contributed by atoms with Crippen LogP contribution >= 0.6 is 0 Å². The highest BCUT2D eigenvalue weighted by molar-refractivity contribution is 7.88. The average molecular weight is 419 g/mol. The fourth-order valence-corrected chi connectivity index (χ4v) is 6.33. The van der Waals surface area contributed by atoms with Crippen LogP contribution in [0.25, 0.3) is 0 Å². The zero-order valence-corrected chi connectivity index (χ0v) is 18.1. The van der Waals surface area contributed by atoms with Gasteiger partial charge in [0.25, 0.3) is 0 Å². The Morgan fingerprint density at radius 1 is 1.10 bits per heavy atom. The lowest BCUT2D eigenvalue weighted by Crippen LogP contribution is -2.39. The van der Waals surface area contributed by atoms with Crippen molar-refractivity contribution in [3.05, 3.63) is 51.7 Å². The molecule has 1 aliphatic carbocycles. The van der Waals surface area contributed by atoms with Crippen LogP contribution in [0.1, 0.15) is 67.4 Å². The molecule has 7 nitrogen and oxygen atoms in total. The van der Waals surface area contributed by atoms with Crippen molar-refractivity contribution < 1.29 is 8.42 Å². The van der Waals surface area contributed by atoms with Crippen molar-refractivity contribution in [3.63, 3.8) is 0 Å². The maximum absolute atomic E-state index is 12.9. The van der Waals surface area contributed by atoms with Gasteiger partial charge in [-0.2, -0.15) is 5.10 Å². The van der Waals surface area contributed by atoms with Crippen LogP contribution < -0.4 is 5.69 Å². The van der Waals surface area contributed by atoms with E-state index in [1.807, 2.05) is 35.8 Å². The van der Waals surface area contributed by atoms with Gasteiger partial charge in [0.05, 0.1) is 5.75 Å². The number of aryl methyl sites for hydroxylation is 2. The summed E-state index contributed by atoms with van der Waals surface area (Å²) in [6.45, 7) is 2.93. The molecule has 29 heavy (non-hydrogen) atoms. The van der Waals surface area contributed by atoms with Gasteiger partial charge in [0.15, 0.2) is 0 Å². The van der Waals surface area contributed by atoms with Crippen LogP contribution in [0.5, 0.6) is 0 Å². The predicted octanol–water partition coefficient (Wildman–Crippen LogP) is 2.71. The molecule has 0 bridgehead atoms. The number of piperidine rings is 1. The number of nitrogens with zero attached hydrogens (tertiary/aromatic N) is 4. The Hall–Kier alpha value is -1.93. The first-order valence-corrected chi connectivity index (χ1v) is 12.1. The van der Waals surface area contributed by atoms with Gasteiger partial charge in [-0.3, -0.25) is 4.57 Å².